The molecule has 0 fully saturated rings. The van der Waals surface area contributed by atoms with E-state index in [1.54, 1.807) is 0 Å². The van der Waals surface area contributed by atoms with Crippen molar-refractivity contribution in [1.82, 2.24) is 0 Å². The molecule has 0 amide bonds. The molecule has 0 aromatic rings. The normalized spacial score (nSPS) is 15.9. The Bertz CT molecular complexity index is 405. The van der Waals surface area contributed by atoms with E-state index in [0.717, 1.165) is 19.3 Å². The Hall–Kier alpha value is -0.0900. The van der Waals surface area contributed by atoms with E-state index in [4.69, 9.17) is 0 Å². The van der Waals surface area contributed by atoms with Crippen molar-refractivity contribution in [2.24, 2.45) is 5.92 Å². The summed E-state index contributed by atoms with van der Waals surface area (Å²) in [5, 5.41) is 0. The molecule has 0 heterocycles. The lowest BCUT2D eigenvalue weighted by atomic mass is 9.84. The first-order chi connectivity index (χ1) is 11.9. The summed E-state index contributed by atoms with van der Waals surface area (Å²) in [4.78, 5) is 0. The summed E-state index contributed by atoms with van der Waals surface area (Å²) in [6.45, 7) is 8.10. The van der Waals surface area contributed by atoms with E-state index in [2.05, 4.69) is 6.92 Å². The van der Waals surface area contributed by atoms with Gasteiger partial charge in [0.25, 0.3) is 10.1 Å². The van der Waals surface area contributed by atoms with E-state index in [0.29, 0.717) is 12.8 Å². The van der Waals surface area contributed by atoms with Crippen LogP contribution in [0.1, 0.15) is 124 Å². The number of rotatable bonds is 17. The highest BCUT2D eigenvalue weighted by molar-refractivity contribution is 7.87. The van der Waals surface area contributed by atoms with Gasteiger partial charge in [-0.05, 0) is 18.8 Å². The molecule has 0 bridgehead atoms. The standard InChI is InChI=1S/C21H44O3S/c1-5-8-9-10-11-12-13-14-15-16-17-18-19-21(7-3,20(4)6-2)25(22,23)24/h20H,5-19H2,1-4H3,(H,22,23,24). The van der Waals surface area contributed by atoms with Crippen molar-refractivity contribution >= 4 is 10.1 Å². The molecular formula is C21H44O3S. The van der Waals surface area contributed by atoms with Gasteiger partial charge in [0, 0.05) is 0 Å². The maximum Gasteiger partial charge on any atom is 0.270 e. The molecule has 2 atom stereocenters. The Labute approximate surface area is 158 Å². The molecule has 2 unspecified atom stereocenters. The molecule has 3 nitrogen and oxygen atoms in total. The average Bonchev–Trinajstić information content (AvgIpc) is 2.57. The molecule has 0 aliphatic heterocycles. The van der Waals surface area contributed by atoms with Crippen molar-refractivity contribution in [2.45, 2.75) is 129 Å². The molecular weight excluding hydrogens is 332 g/mol. The molecule has 4 heteroatoms. The Morgan fingerprint density at radius 1 is 0.760 bits per heavy atom. The first-order valence-corrected chi connectivity index (χ1v) is 12.3. The molecule has 0 aromatic carbocycles. The van der Waals surface area contributed by atoms with Crippen molar-refractivity contribution in [2.75, 3.05) is 0 Å². The second-order valence-electron chi connectivity index (χ2n) is 7.84. The van der Waals surface area contributed by atoms with E-state index in [-0.39, 0.29) is 5.92 Å². The van der Waals surface area contributed by atoms with Gasteiger partial charge in [0.2, 0.25) is 0 Å². The zero-order chi connectivity index (χ0) is 19.2. The summed E-state index contributed by atoms with van der Waals surface area (Å²) in [6, 6.07) is 0. The maximum absolute atomic E-state index is 12.0. The van der Waals surface area contributed by atoms with Crippen molar-refractivity contribution in [1.29, 1.82) is 0 Å². The van der Waals surface area contributed by atoms with Crippen LogP contribution >= 0.6 is 0 Å². The second kappa shape index (κ2) is 14.0. The van der Waals surface area contributed by atoms with Crippen LogP contribution < -0.4 is 0 Å². The fourth-order valence-corrected chi connectivity index (χ4v) is 5.42. The molecule has 0 radical (unpaired) electrons. The van der Waals surface area contributed by atoms with Gasteiger partial charge in [-0.25, -0.2) is 0 Å². The predicted octanol–water partition coefficient (Wildman–Crippen LogP) is 7.16. The smallest absolute Gasteiger partial charge is 0.270 e. The summed E-state index contributed by atoms with van der Waals surface area (Å²) in [5.74, 6) is 0.000193. The molecule has 1 N–H and O–H groups in total. The second-order valence-corrected chi connectivity index (χ2v) is 9.60. The summed E-state index contributed by atoms with van der Waals surface area (Å²) in [7, 11) is -4.00. The van der Waals surface area contributed by atoms with Crippen LogP contribution in [-0.2, 0) is 10.1 Å². The quantitative estimate of drug-likeness (QED) is 0.216. The lowest BCUT2D eigenvalue weighted by Gasteiger charge is -2.35. The minimum atomic E-state index is -4.00. The molecule has 0 aromatic heterocycles. The summed E-state index contributed by atoms with van der Waals surface area (Å²) in [5.41, 5.74) is 0. The van der Waals surface area contributed by atoms with E-state index in [9.17, 15) is 13.0 Å². The lowest BCUT2D eigenvalue weighted by Crippen LogP contribution is -2.43. The minimum absolute atomic E-state index is 0.000193. The van der Waals surface area contributed by atoms with Gasteiger partial charge in [-0.3, -0.25) is 4.55 Å². The first-order valence-electron chi connectivity index (χ1n) is 10.8. The first kappa shape index (κ1) is 24.9. The fraction of sp³-hybridized carbons (Fsp3) is 1.00. The van der Waals surface area contributed by atoms with Gasteiger partial charge in [-0.15, -0.1) is 0 Å². The molecule has 0 rings (SSSR count). The zero-order valence-electron chi connectivity index (χ0n) is 17.4. The predicted molar refractivity (Wildman–Crippen MR) is 110 cm³/mol. The largest absolute Gasteiger partial charge is 0.285 e. The molecule has 25 heavy (non-hydrogen) atoms. The third kappa shape index (κ3) is 9.42. The molecule has 0 aliphatic rings. The molecule has 0 aliphatic carbocycles. The number of unbranched alkanes of at least 4 members (excludes halogenated alkanes) is 11. The maximum atomic E-state index is 12.0. The molecule has 0 saturated carbocycles. The third-order valence-electron chi connectivity index (χ3n) is 6.08. The van der Waals surface area contributed by atoms with Gasteiger partial charge in [0.15, 0.2) is 0 Å². The SMILES string of the molecule is CCCCCCCCCCCCCCC(CC)(C(C)CC)S(=O)(=O)O. The van der Waals surface area contributed by atoms with Crippen LogP contribution in [-0.4, -0.2) is 17.7 Å². The van der Waals surface area contributed by atoms with Crippen LogP contribution in [0, 0.1) is 5.92 Å². The van der Waals surface area contributed by atoms with Gasteiger partial charge in [0.1, 0.15) is 0 Å². The third-order valence-corrected chi connectivity index (χ3v) is 8.00. The fourth-order valence-electron chi connectivity index (χ4n) is 3.97. The van der Waals surface area contributed by atoms with Crippen LogP contribution in [0.4, 0.5) is 0 Å². The Balaban J connectivity index is 3.90. The van der Waals surface area contributed by atoms with Gasteiger partial charge in [-0.2, -0.15) is 8.42 Å². The zero-order valence-corrected chi connectivity index (χ0v) is 18.2. The summed E-state index contributed by atoms with van der Waals surface area (Å²) >= 11 is 0. The highest BCUT2D eigenvalue weighted by Crippen LogP contribution is 2.37. The van der Waals surface area contributed by atoms with Gasteiger partial charge < -0.3 is 0 Å². The molecule has 0 spiro atoms. The van der Waals surface area contributed by atoms with E-state index in [1.165, 1.54) is 64.2 Å². The van der Waals surface area contributed by atoms with Crippen LogP contribution in [0.15, 0.2) is 0 Å². The Morgan fingerprint density at radius 2 is 1.16 bits per heavy atom. The van der Waals surface area contributed by atoms with Crippen LogP contribution in [0.3, 0.4) is 0 Å². The highest BCUT2D eigenvalue weighted by Gasteiger charge is 2.44. The average molecular weight is 377 g/mol. The van der Waals surface area contributed by atoms with Crippen molar-refractivity contribution in [3.8, 4) is 0 Å². The van der Waals surface area contributed by atoms with E-state index < -0.39 is 14.9 Å². The Kier molecular flexibility index (Phi) is 14.0. The van der Waals surface area contributed by atoms with Crippen molar-refractivity contribution in [3.05, 3.63) is 0 Å². The topological polar surface area (TPSA) is 54.4 Å². The summed E-state index contributed by atoms with van der Waals surface area (Å²) < 4.78 is 32.8. The van der Waals surface area contributed by atoms with Crippen LogP contribution in [0.25, 0.3) is 0 Å². The molecule has 0 saturated heterocycles. The summed E-state index contributed by atoms with van der Waals surface area (Å²) in [6.07, 6.45) is 17.1. The van der Waals surface area contributed by atoms with Gasteiger partial charge in [0.05, 0.1) is 4.75 Å². The Morgan fingerprint density at radius 3 is 1.48 bits per heavy atom. The minimum Gasteiger partial charge on any atom is -0.285 e. The van der Waals surface area contributed by atoms with Gasteiger partial charge in [-0.1, -0.05) is 111 Å². The van der Waals surface area contributed by atoms with Crippen LogP contribution in [0.2, 0.25) is 0 Å². The molecule has 152 valence electrons. The van der Waals surface area contributed by atoms with E-state index >= 15 is 0 Å². The van der Waals surface area contributed by atoms with Gasteiger partial charge >= 0.3 is 0 Å². The highest BCUT2D eigenvalue weighted by atomic mass is 32.2. The van der Waals surface area contributed by atoms with Crippen molar-refractivity contribution in [3.63, 3.8) is 0 Å². The van der Waals surface area contributed by atoms with E-state index in [1.807, 2.05) is 20.8 Å². The number of hydrogen-bond donors (Lipinski definition) is 1. The van der Waals surface area contributed by atoms with Crippen LogP contribution in [0.5, 0.6) is 0 Å². The van der Waals surface area contributed by atoms with Crippen molar-refractivity contribution < 1.29 is 13.0 Å². The monoisotopic (exact) mass is 376 g/mol. The number of hydrogen-bond acceptors (Lipinski definition) is 2. The lowest BCUT2D eigenvalue weighted by molar-refractivity contribution is 0.299.